The number of anilines is 1. The molecule has 2 bridgehead atoms. The number of hydrogen-bond donors (Lipinski definition) is 0. The van der Waals surface area contributed by atoms with Crippen LogP contribution in [0.2, 0.25) is 0 Å². The highest BCUT2D eigenvalue weighted by Crippen LogP contribution is 2.52. The van der Waals surface area contributed by atoms with Gasteiger partial charge in [0.25, 0.3) is 0 Å². The lowest BCUT2D eigenvalue weighted by Gasteiger charge is -2.24. The molecule has 22 heavy (non-hydrogen) atoms. The SMILES string of the molecule is CCc1ccccc1N1C[C@]23C=C[C@H](O2)[C@@H](C(=O)[O-])[C@@H]3C1=O. The summed E-state index contributed by atoms with van der Waals surface area (Å²) in [7, 11) is 0. The van der Waals surface area contributed by atoms with Crippen molar-refractivity contribution in [2.45, 2.75) is 25.0 Å². The van der Waals surface area contributed by atoms with Crippen molar-refractivity contribution < 1.29 is 19.4 Å². The maximum Gasteiger partial charge on any atom is 0.234 e. The summed E-state index contributed by atoms with van der Waals surface area (Å²) in [5.41, 5.74) is 1.10. The highest BCUT2D eigenvalue weighted by molar-refractivity contribution is 6.02. The van der Waals surface area contributed by atoms with Gasteiger partial charge in [-0.3, -0.25) is 4.79 Å². The Hall–Kier alpha value is -2.14. The molecule has 2 saturated heterocycles. The van der Waals surface area contributed by atoms with Crippen molar-refractivity contribution in [1.29, 1.82) is 0 Å². The van der Waals surface area contributed by atoms with E-state index in [1.54, 1.807) is 11.0 Å². The summed E-state index contributed by atoms with van der Waals surface area (Å²) >= 11 is 0. The first-order valence-electron chi connectivity index (χ1n) is 7.55. The van der Waals surface area contributed by atoms with Crippen LogP contribution in [0.3, 0.4) is 0 Å². The standard InChI is InChI=1S/C17H17NO4/c1-2-10-5-3-4-6-11(10)18-9-17-8-7-12(22-17)13(16(20)21)14(17)15(18)19/h3-8,12-14H,2,9H2,1H3,(H,20,21)/p-1/t12-,13+,14+,17-/m0/s1. The van der Waals surface area contributed by atoms with Crippen molar-refractivity contribution in [2.75, 3.05) is 11.4 Å². The van der Waals surface area contributed by atoms with Crippen LogP contribution in [0.25, 0.3) is 0 Å². The molecule has 4 rings (SSSR count). The van der Waals surface area contributed by atoms with Gasteiger partial charge in [0, 0.05) is 17.6 Å². The van der Waals surface area contributed by atoms with E-state index in [2.05, 4.69) is 0 Å². The predicted octanol–water partition coefficient (Wildman–Crippen LogP) is 0.285. The van der Waals surface area contributed by atoms with E-state index in [1.165, 1.54) is 0 Å². The van der Waals surface area contributed by atoms with Gasteiger partial charge in [0.2, 0.25) is 5.91 Å². The van der Waals surface area contributed by atoms with Crippen LogP contribution in [-0.2, 0) is 20.7 Å². The lowest BCUT2D eigenvalue weighted by molar-refractivity contribution is -0.313. The lowest BCUT2D eigenvalue weighted by atomic mass is 9.77. The molecule has 2 fully saturated rings. The van der Waals surface area contributed by atoms with E-state index in [0.29, 0.717) is 6.54 Å². The smallest absolute Gasteiger partial charge is 0.234 e. The molecule has 3 aliphatic heterocycles. The first kappa shape index (κ1) is 13.5. The Kier molecular flexibility index (Phi) is 2.72. The zero-order valence-corrected chi connectivity index (χ0v) is 12.2. The number of aryl methyl sites for hydroxylation is 1. The van der Waals surface area contributed by atoms with E-state index in [-0.39, 0.29) is 5.91 Å². The molecule has 4 atom stereocenters. The van der Waals surface area contributed by atoms with E-state index >= 15 is 0 Å². The molecule has 3 heterocycles. The molecule has 1 aromatic carbocycles. The average molecular weight is 298 g/mol. The number of amides is 1. The Morgan fingerprint density at radius 1 is 1.45 bits per heavy atom. The van der Waals surface area contributed by atoms with E-state index < -0.39 is 29.5 Å². The number of fused-ring (bicyclic) bond motifs is 1. The molecule has 5 nitrogen and oxygen atoms in total. The minimum Gasteiger partial charge on any atom is -0.550 e. The Balaban J connectivity index is 1.77. The second-order valence-electron chi connectivity index (χ2n) is 6.13. The fourth-order valence-corrected chi connectivity index (χ4v) is 4.04. The summed E-state index contributed by atoms with van der Waals surface area (Å²) in [5, 5.41) is 11.4. The fraction of sp³-hybridized carbons (Fsp3) is 0.412. The van der Waals surface area contributed by atoms with Gasteiger partial charge in [-0.15, -0.1) is 0 Å². The summed E-state index contributed by atoms with van der Waals surface area (Å²) in [6, 6.07) is 7.71. The number of carboxylic acid groups (broad SMARTS) is 1. The normalized spacial score (nSPS) is 35.2. The molecule has 1 amide bonds. The number of para-hydroxylation sites is 1. The largest absolute Gasteiger partial charge is 0.550 e. The Morgan fingerprint density at radius 3 is 2.95 bits per heavy atom. The summed E-state index contributed by atoms with van der Waals surface area (Å²) in [6.07, 6.45) is 3.87. The van der Waals surface area contributed by atoms with Crippen LogP contribution in [0.1, 0.15) is 12.5 Å². The van der Waals surface area contributed by atoms with E-state index in [9.17, 15) is 14.7 Å². The van der Waals surface area contributed by atoms with Gasteiger partial charge in [-0.2, -0.15) is 0 Å². The zero-order valence-electron chi connectivity index (χ0n) is 12.2. The maximum atomic E-state index is 12.9. The predicted molar refractivity (Wildman–Crippen MR) is 76.9 cm³/mol. The third-order valence-corrected chi connectivity index (χ3v) is 5.04. The topological polar surface area (TPSA) is 69.7 Å². The number of rotatable bonds is 3. The molecule has 114 valence electrons. The number of carbonyl (C=O) groups is 2. The van der Waals surface area contributed by atoms with Crippen LogP contribution < -0.4 is 10.0 Å². The van der Waals surface area contributed by atoms with Crippen LogP contribution in [0.4, 0.5) is 5.69 Å². The van der Waals surface area contributed by atoms with Crippen molar-refractivity contribution in [1.82, 2.24) is 0 Å². The Bertz CT molecular complexity index is 698. The van der Waals surface area contributed by atoms with Crippen molar-refractivity contribution in [2.24, 2.45) is 11.8 Å². The van der Waals surface area contributed by atoms with Crippen molar-refractivity contribution in [3.8, 4) is 0 Å². The second-order valence-corrected chi connectivity index (χ2v) is 6.13. The Morgan fingerprint density at radius 2 is 2.23 bits per heavy atom. The number of carbonyl (C=O) groups excluding carboxylic acids is 2. The van der Waals surface area contributed by atoms with Crippen LogP contribution in [0, 0.1) is 11.8 Å². The number of ether oxygens (including phenoxy) is 1. The monoisotopic (exact) mass is 298 g/mol. The Labute approximate surface area is 128 Å². The number of hydrogen-bond acceptors (Lipinski definition) is 4. The van der Waals surface area contributed by atoms with Crippen LogP contribution in [0.5, 0.6) is 0 Å². The van der Waals surface area contributed by atoms with Gasteiger partial charge in [-0.25, -0.2) is 0 Å². The van der Waals surface area contributed by atoms with E-state index in [0.717, 1.165) is 17.7 Å². The lowest BCUT2D eigenvalue weighted by Crippen LogP contribution is -2.45. The van der Waals surface area contributed by atoms with Gasteiger partial charge < -0.3 is 19.5 Å². The molecule has 3 aliphatic rings. The third-order valence-electron chi connectivity index (χ3n) is 5.04. The minimum absolute atomic E-state index is 0.179. The van der Waals surface area contributed by atoms with Crippen molar-refractivity contribution in [3.05, 3.63) is 42.0 Å². The fourth-order valence-electron chi connectivity index (χ4n) is 4.04. The van der Waals surface area contributed by atoms with Gasteiger partial charge in [0.05, 0.1) is 18.6 Å². The molecule has 0 N–H and O–H groups in total. The summed E-state index contributed by atoms with van der Waals surface area (Å²) in [6.45, 7) is 2.40. The number of aliphatic carboxylic acids is 1. The maximum absolute atomic E-state index is 12.9. The summed E-state index contributed by atoms with van der Waals surface area (Å²) < 4.78 is 5.86. The van der Waals surface area contributed by atoms with Gasteiger partial charge in [-0.1, -0.05) is 37.3 Å². The molecule has 0 radical (unpaired) electrons. The molecular formula is C17H16NO4-. The van der Waals surface area contributed by atoms with Crippen LogP contribution in [-0.4, -0.2) is 30.1 Å². The van der Waals surface area contributed by atoms with Crippen LogP contribution >= 0.6 is 0 Å². The van der Waals surface area contributed by atoms with E-state index in [1.807, 2.05) is 37.3 Å². The average Bonchev–Trinajstić information content (AvgIpc) is 3.15. The molecule has 5 heteroatoms. The number of benzene rings is 1. The quantitative estimate of drug-likeness (QED) is 0.752. The first-order valence-corrected chi connectivity index (χ1v) is 7.55. The molecule has 0 aromatic heterocycles. The highest BCUT2D eigenvalue weighted by atomic mass is 16.5. The second kappa shape index (κ2) is 4.43. The number of nitrogens with zero attached hydrogens (tertiary/aromatic N) is 1. The number of carboxylic acids is 1. The van der Waals surface area contributed by atoms with Gasteiger partial charge in [0.1, 0.15) is 5.60 Å². The summed E-state index contributed by atoms with van der Waals surface area (Å²) in [4.78, 5) is 26.0. The van der Waals surface area contributed by atoms with Gasteiger partial charge in [0.15, 0.2) is 0 Å². The highest BCUT2D eigenvalue weighted by Gasteiger charge is 2.65. The molecule has 1 aromatic rings. The van der Waals surface area contributed by atoms with Crippen molar-refractivity contribution >= 4 is 17.6 Å². The van der Waals surface area contributed by atoms with Gasteiger partial charge >= 0.3 is 0 Å². The van der Waals surface area contributed by atoms with Crippen LogP contribution in [0.15, 0.2) is 36.4 Å². The van der Waals surface area contributed by atoms with Crippen molar-refractivity contribution in [3.63, 3.8) is 0 Å². The molecule has 1 spiro atoms. The van der Waals surface area contributed by atoms with Gasteiger partial charge in [-0.05, 0) is 18.1 Å². The summed E-state index contributed by atoms with van der Waals surface area (Å²) in [5.74, 6) is -2.96. The first-order chi connectivity index (χ1) is 10.6. The third kappa shape index (κ3) is 1.57. The molecular weight excluding hydrogens is 282 g/mol. The van der Waals surface area contributed by atoms with E-state index in [4.69, 9.17) is 4.74 Å². The molecule has 0 aliphatic carbocycles. The zero-order chi connectivity index (χ0) is 15.5. The minimum atomic E-state index is -1.21. The molecule has 0 unspecified atom stereocenters. The molecule has 0 saturated carbocycles.